The molecule has 0 atom stereocenters. The molecule has 0 fully saturated rings. The normalized spacial score (nSPS) is 11.1. The van der Waals surface area contributed by atoms with Gasteiger partial charge in [-0.05, 0) is 44.2 Å². The van der Waals surface area contributed by atoms with Crippen molar-refractivity contribution in [3.05, 3.63) is 70.4 Å². The van der Waals surface area contributed by atoms with Crippen LogP contribution in [0.25, 0.3) is 21.1 Å². The summed E-state index contributed by atoms with van der Waals surface area (Å²) in [7, 11) is 0. The molecule has 0 unspecified atom stereocenters. The van der Waals surface area contributed by atoms with Gasteiger partial charge >= 0.3 is 0 Å². The van der Waals surface area contributed by atoms with Crippen molar-refractivity contribution >= 4 is 38.4 Å². The molecule has 0 radical (unpaired) electrons. The summed E-state index contributed by atoms with van der Waals surface area (Å²) in [5.41, 5.74) is 4.42. The van der Waals surface area contributed by atoms with Crippen molar-refractivity contribution in [2.24, 2.45) is 0 Å². The minimum Gasteiger partial charge on any atom is -0.346 e. The van der Waals surface area contributed by atoms with Crippen LogP contribution < -0.4 is 5.32 Å². The zero-order chi connectivity index (χ0) is 17.4. The molecule has 25 heavy (non-hydrogen) atoms. The maximum Gasteiger partial charge on any atom is 0.252 e. The zero-order valence-electron chi connectivity index (χ0n) is 14.0. The van der Waals surface area contributed by atoms with Crippen LogP contribution in [-0.4, -0.2) is 15.9 Å². The van der Waals surface area contributed by atoms with E-state index in [2.05, 4.69) is 15.3 Å². The van der Waals surface area contributed by atoms with Gasteiger partial charge in [0.25, 0.3) is 5.91 Å². The SMILES string of the molecule is Cc1ccc2nc(C)cc(C(=O)NCc3nc4ccccc4s3)c2c1. The molecule has 4 aromatic rings. The van der Waals surface area contributed by atoms with Gasteiger partial charge in [-0.15, -0.1) is 11.3 Å². The average Bonchev–Trinajstić information content (AvgIpc) is 3.02. The van der Waals surface area contributed by atoms with Crippen LogP contribution in [0.1, 0.15) is 26.6 Å². The third kappa shape index (κ3) is 3.10. The van der Waals surface area contributed by atoms with E-state index in [0.29, 0.717) is 12.1 Å². The van der Waals surface area contributed by atoms with Crippen molar-refractivity contribution in [3.63, 3.8) is 0 Å². The predicted octanol–water partition coefficient (Wildman–Crippen LogP) is 4.39. The number of nitrogens with zero attached hydrogens (tertiary/aromatic N) is 2. The number of carbonyl (C=O) groups excluding carboxylic acids is 1. The summed E-state index contributed by atoms with van der Waals surface area (Å²) >= 11 is 1.61. The summed E-state index contributed by atoms with van der Waals surface area (Å²) in [4.78, 5) is 21.8. The molecule has 0 aliphatic rings. The van der Waals surface area contributed by atoms with E-state index in [1.54, 1.807) is 11.3 Å². The number of hydrogen-bond acceptors (Lipinski definition) is 4. The third-order valence-electron chi connectivity index (χ3n) is 4.08. The fraction of sp³-hybridized carbons (Fsp3) is 0.150. The number of thiazole rings is 1. The number of nitrogens with one attached hydrogen (secondary N) is 1. The predicted molar refractivity (Wildman–Crippen MR) is 102 cm³/mol. The molecule has 2 aromatic heterocycles. The molecule has 0 saturated heterocycles. The number of benzene rings is 2. The first kappa shape index (κ1) is 15.7. The maximum atomic E-state index is 12.7. The first-order valence-electron chi connectivity index (χ1n) is 8.11. The van der Waals surface area contributed by atoms with Gasteiger partial charge in [0.15, 0.2) is 0 Å². The van der Waals surface area contributed by atoms with Gasteiger partial charge in [-0.3, -0.25) is 9.78 Å². The van der Waals surface area contributed by atoms with Crippen LogP contribution >= 0.6 is 11.3 Å². The smallest absolute Gasteiger partial charge is 0.252 e. The molecule has 1 amide bonds. The number of aryl methyl sites for hydroxylation is 2. The fourth-order valence-corrected chi connectivity index (χ4v) is 3.81. The van der Waals surface area contributed by atoms with Crippen LogP contribution in [0.15, 0.2) is 48.5 Å². The Bertz CT molecular complexity index is 1070. The Kier molecular flexibility index (Phi) is 3.93. The standard InChI is InChI=1S/C20H17N3OS/c1-12-7-8-16-14(9-12)15(10-13(2)22-16)20(24)21-11-19-23-17-5-3-4-6-18(17)25-19/h3-10H,11H2,1-2H3,(H,21,24). The fourth-order valence-electron chi connectivity index (χ4n) is 2.91. The van der Waals surface area contributed by atoms with Crippen molar-refractivity contribution in [2.45, 2.75) is 20.4 Å². The maximum absolute atomic E-state index is 12.7. The van der Waals surface area contributed by atoms with Crippen LogP contribution in [-0.2, 0) is 6.54 Å². The van der Waals surface area contributed by atoms with Crippen molar-refractivity contribution in [1.82, 2.24) is 15.3 Å². The lowest BCUT2D eigenvalue weighted by Gasteiger charge is -2.09. The lowest BCUT2D eigenvalue weighted by molar-refractivity contribution is 0.0952. The largest absolute Gasteiger partial charge is 0.346 e. The zero-order valence-corrected chi connectivity index (χ0v) is 14.9. The quantitative estimate of drug-likeness (QED) is 0.598. The van der Waals surface area contributed by atoms with Crippen molar-refractivity contribution in [3.8, 4) is 0 Å². The summed E-state index contributed by atoms with van der Waals surface area (Å²) in [5.74, 6) is -0.0969. The van der Waals surface area contributed by atoms with Crippen LogP contribution in [0, 0.1) is 13.8 Å². The number of hydrogen-bond donors (Lipinski definition) is 1. The number of amides is 1. The highest BCUT2D eigenvalue weighted by Crippen LogP contribution is 2.22. The molecular weight excluding hydrogens is 330 g/mol. The number of carbonyl (C=O) groups is 1. The summed E-state index contributed by atoms with van der Waals surface area (Å²) < 4.78 is 1.13. The molecule has 0 aliphatic heterocycles. The minimum absolute atomic E-state index is 0.0969. The summed E-state index contributed by atoms with van der Waals surface area (Å²) in [6, 6.07) is 15.8. The molecule has 2 aromatic carbocycles. The molecule has 0 bridgehead atoms. The van der Waals surface area contributed by atoms with Crippen LogP contribution in [0.2, 0.25) is 0 Å². The molecule has 1 N–H and O–H groups in total. The van der Waals surface area contributed by atoms with Crippen molar-refractivity contribution < 1.29 is 4.79 Å². The lowest BCUT2D eigenvalue weighted by atomic mass is 10.0. The topological polar surface area (TPSA) is 54.9 Å². The molecule has 4 rings (SSSR count). The second-order valence-corrected chi connectivity index (χ2v) is 7.21. The number of para-hydroxylation sites is 1. The van der Waals surface area contributed by atoms with E-state index in [1.165, 1.54) is 0 Å². The molecule has 2 heterocycles. The van der Waals surface area contributed by atoms with E-state index < -0.39 is 0 Å². The minimum atomic E-state index is -0.0969. The number of rotatable bonds is 3. The number of fused-ring (bicyclic) bond motifs is 2. The summed E-state index contributed by atoms with van der Waals surface area (Å²) in [6.07, 6.45) is 0. The van der Waals surface area contributed by atoms with E-state index in [0.717, 1.165) is 37.4 Å². The molecular formula is C20H17N3OS. The highest BCUT2D eigenvalue weighted by molar-refractivity contribution is 7.18. The van der Waals surface area contributed by atoms with Crippen LogP contribution in [0.4, 0.5) is 0 Å². The van der Waals surface area contributed by atoms with Gasteiger partial charge in [-0.1, -0.05) is 23.8 Å². The van der Waals surface area contributed by atoms with Crippen LogP contribution in [0.5, 0.6) is 0 Å². The van der Waals surface area contributed by atoms with Crippen LogP contribution in [0.3, 0.4) is 0 Å². The van der Waals surface area contributed by atoms with Gasteiger partial charge in [0.05, 0.1) is 27.8 Å². The molecule has 0 saturated carbocycles. The first-order chi connectivity index (χ1) is 12.1. The Morgan fingerprint density at radius 1 is 1.04 bits per heavy atom. The Morgan fingerprint density at radius 3 is 2.72 bits per heavy atom. The van der Waals surface area contributed by atoms with E-state index >= 15 is 0 Å². The Hall–Kier alpha value is -2.79. The molecule has 0 aliphatic carbocycles. The molecule has 0 spiro atoms. The summed E-state index contributed by atoms with van der Waals surface area (Å²) in [6.45, 7) is 4.35. The van der Waals surface area contributed by atoms with Gasteiger partial charge < -0.3 is 5.32 Å². The number of pyridine rings is 1. The van der Waals surface area contributed by atoms with E-state index in [9.17, 15) is 4.79 Å². The van der Waals surface area contributed by atoms with Gasteiger partial charge in [0.2, 0.25) is 0 Å². The average molecular weight is 347 g/mol. The molecule has 5 heteroatoms. The van der Waals surface area contributed by atoms with E-state index in [4.69, 9.17) is 0 Å². The number of aromatic nitrogens is 2. The summed E-state index contributed by atoms with van der Waals surface area (Å²) in [5, 5.41) is 4.78. The van der Waals surface area contributed by atoms with Gasteiger partial charge in [0.1, 0.15) is 5.01 Å². The lowest BCUT2D eigenvalue weighted by Crippen LogP contribution is -2.23. The van der Waals surface area contributed by atoms with E-state index in [1.807, 2.05) is 62.4 Å². The molecule has 4 nitrogen and oxygen atoms in total. The third-order valence-corrected chi connectivity index (χ3v) is 5.11. The van der Waals surface area contributed by atoms with Gasteiger partial charge in [-0.2, -0.15) is 0 Å². The first-order valence-corrected chi connectivity index (χ1v) is 8.92. The highest BCUT2D eigenvalue weighted by atomic mass is 32.1. The van der Waals surface area contributed by atoms with Gasteiger partial charge in [-0.25, -0.2) is 4.98 Å². The highest BCUT2D eigenvalue weighted by Gasteiger charge is 2.13. The Balaban J connectivity index is 1.62. The van der Waals surface area contributed by atoms with Gasteiger partial charge in [0, 0.05) is 11.1 Å². The van der Waals surface area contributed by atoms with E-state index in [-0.39, 0.29) is 5.91 Å². The second kappa shape index (κ2) is 6.26. The monoisotopic (exact) mass is 347 g/mol. The Morgan fingerprint density at radius 2 is 1.88 bits per heavy atom. The Labute approximate surface area is 149 Å². The second-order valence-electron chi connectivity index (χ2n) is 6.09. The van der Waals surface area contributed by atoms with Crippen molar-refractivity contribution in [2.75, 3.05) is 0 Å². The molecule has 124 valence electrons. The van der Waals surface area contributed by atoms with Crippen molar-refractivity contribution in [1.29, 1.82) is 0 Å².